The molecule has 0 spiro atoms. The highest BCUT2D eigenvalue weighted by atomic mass is 35.5. The third kappa shape index (κ3) is 3.29. The van der Waals surface area contributed by atoms with Crippen molar-refractivity contribution in [1.82, 2.24) is 0 Å². The van der Waals surface area contributed by atoms with Gasteiger partial charge in [0.1, 0.15) is 0 Å². The van der Waals surface area contributed by atoms with Crippen molar-refractivity contribution in [3.8, 4) is 11.5 Å². The van der Waals surface area contributed by atoms with Gasteiger partial charge in [-0.1, -0.05) is 23.2 Å². The molecule has 0 saturated carbocycles. The number of hydrogen-bond donors (Lipinski definition) is 0. The summed E-state index contributed by atoms with van der Waals surface area (Å²) in [6.07, 6.45) is 2.91. The van der Waals surface area contributed by atoms with Crippen LogP contribution >= 0.6 is 23.2 Å². The van der Waals surface area contributed by atoms with Gasteiger partial charge >= 0.3 is 0 Å². The first-order valence-electron chi connectivity index (χ1n) is 6.57. The van der Waals surface area contributed by atoms with Gasteiger partial charge in [0.25, 0.3) is 0 Å². The lowest BCUT2D eigenvalue weighted by Gasteiger charge is -2.19. The topological polar surface area (TPSA) is 40.0 Å². The smallest absolute Gasteiger partial charge is 0.175 e. The number of aryl methyl sites for hydroxylation is 1. The molecule has 1 aromatic rings. The van der Waals surface area contributed by atoms with E-state index in [9.17, 15) is 0 Å². The van der Waals surface area contributed by atoms with E-state index in [2.05, 4.69) is 4.99 Å². The Bertz CT molecular complexity index is 666. The van der Waals surface area contributed by atoms with Gasteiger partial charge in [0.15, 0.2) is 17.7 Å². The number of methoxy groups -OCH3 is 3. The summed E-state index contributed by atoms with van der Waals surface area (Å²) in [5.41, 5.74) is 2.64. The Morgan fingerprint density at radius 3 is 2.32 bits per heavy atom. The highest BCUT2D eigenvalue weighted by Gasteiger charge is 2.22. The molecular formula is C16H17Cl2NO3. The molecular weight excluding hydrogens is 325 g/mol. The molecule has 0 aromatic heterocycles. The maximum Gasteiger partial charge on any atom is 0.175 e. The van der Waals surface area contributed by atoms with Gasteiger partial charge in [-0.2, -0.15) is 0 Å². The van der Waals surface area contributed by atoms with Crippen molar-refractivity contribution >= 4 is 35.5 Å². The Morgan fingerprint density at radius 2 is 1.73 bits per heavy atom. The van der Waals surface area contributed by atoms with Crippen LogP contribution in [0.3, 0.4) is 0 Å². The third-order valence-corrected chi connectivity index (χ3v) is 4.16. The minimum absolute atomic E-state index is 0.388. The Kier molecular flexibility index (Phi) is 5.51. The van der Waals surface area contributed by atoms with Crippen LogP contribution in [0.5, 0.6) is 11.5 Å². The van der Waals surface area contributed by atoms with Crippen LogP contribution < -0.4 is 9.47 Å². The number of rotatable bonds is 4. The van der Waals surface area contributed by atoms with E-state index in [1.54, 1.807) is 21.3 Å². The number of nitrogens with zero attached hydrogens (tertiary/aromatic N) is 1. The first-order valence-corrected chi connectivity index (χ1v) is 7.33. The molecule has 0 fully saturated rings. The monoisotopic (exact) mass is 341 g/mol. The van der Waals surface area contributed by atoms with Crippen molar-refractivity contribution in [3.63, 3.8) is 0 Å². The Balaban J connectivity index is 2.54. The summed E-state index contributed by atoms with van der Waals surface area (Å²) in [4.78, 5) is 4.22. The molecule has 0 amide bonds. The number of ether oxygens (including phenoxy) is 3. The Hall–Kier alpha value is -1.49. The Morgan fingerprint density at radius 1 is 1.09 bits per heavy atom. The van der Waals surface area contributed by atoms with E-state index in [1.165, 1.54) is 6.21 Å². The minimum atomic E-state index is -0.484. The summed E-state index contributed by atoms with van der Waals surface area (Å²) in [5.74, 6) is 1.31. The molecule has 0 aliphatic carbocycles. The normalized spacial score (nSPS) is 19.7. The molecule has 1 unspecified atom stereocenters. The van der Waals surface area contributed by atoms with Gasteiger partial charge < -0.3 is 14.2 Å². The van der Waals surface area contributed by atoms with Crippen molar-refractivity contribution in [1.29, 1.82) is 0 Å². The number of dihydropyridines is 1. The van der Waals surface area contributed by atoms with E-state index in [1.807, 2.05) is 25.1 Å². The minimum Gasteiger partial charge on any atom is -0.493 e. The van der Waals surface area contributed by atoms with Gasteiger partial charge in [-0.15, -0.1) is 0 Å². The van der Waals surface area contributed by atoms with Gasteiger partial charge in [0, 0.05) is 18.9 Å². The van der Waals surface area contributed by atoms with Gasteiger partial charge in [-0.25, -0.2) is 0 Å². The molecule has 1 aliphatic rings. The molecule has 22 heavy (non-hydrogen) atoms. The van der Waals surface area contributed by atoms with Crippen LogP contribution in [-0.2, 0) is 4.74 Å². The number of halogens is 2. The van der Waals surface area contributed by atoms with Gasteiger partial charge in [0.05, 0.1) is 24.3 Å². The second kappa shape index (κ2) is 7.18. The molecule has 1 aliphatic heterocycles. The van der Waals surface area contributed by atoms with Crippen molar-refractivity contribution in [2.45, 2.75) is 13.2 Å². The van der Waals surface area contributed by atoms with Gasteiger partial charge in [-0.05, 0) is 36.3 Å². The highest BCUT2D eigenvalue weighted by Crippen LogP contribution is 2.35. The van der Waals surface area contributed by atoms with E-state index < -0.39 is 6.23 Å². The quantitative estimate of drug-likeness (QED) is 0.826. The molecule has 6 heteroatoms. The fourth-order valence-electron chi connectivity index (χ4n) is 2.16. The van der Waals surface area contributed by atoms with Crippen LogP contribution in [0, 0.1) is 6.92 Å². The zero-order chi connectivity index (χ0) is 16.3. The largest absolute Gasteiger partial charge is 0.493 e. The number of hydrogen-bond acceptors (Lipinski definition) is 4. The van der Waals surface area contributed by atoms with E-state index in [4.69, 9.17) is 37.4 Å². The molecule has 0 saturated heterocycles. The first-order chi connectivity index (χ1) is 10.5. The summed E-state index contributed by atoms with van der Waals surface area (Å²) >= 11 is 12.3. The summed E-state index contributed by atoms with van der Waals surface area (Å²) in [6, 6.07) is 3.78. The maximum atomic E-state index is 6.29. The molecule has 4 nitrogen and oxygen atoms in total. The fraction of sp³-hybridized carbons (Fsp3) is 0.312. The molecule has 118 valence electrons. The number of benzene rings is 1. The molecule has 0 N–H and O–H groups in total. The number of aliphatic imine (C=N–C) groups is 1. The van der Waals surface area contributed by atoms with Crippen LogP contribution in [0.1, 0.15) is 11.1 Å². The van der Waals surface area contributed by atoms with Crippen molar-refractivity contribution in [2.75, 3.05) is 21.3 Å². The van der Waals surface area contributed by atoms with Crippen molar-refractivity contribution in [3.05, 3.63) is 38.9 Å². The van der Waals surface area contributed by atoms with Gasteiger partial charge in [0.2, 0.25) is 0 Å². The van der Waals surface area contributed by atoms with Crippen molar-refractivity contribution < 1.29 is 14.2 Å². The van der Waals surface area contributed by atoms with Crippen LogP contribution in [-0.4, -0.2) is 33.8 Å². The highest BCUT2D eigenvalue weighted by molar-refractivity contribution is 6.47. The standard InChI is InChI=1S/C16H17Cl2NO3/c1-9-5-13(20-2)14(21-3)7-10(9)6-11-15(18)12(17)8-19-16(11)22-4/h5-8,16H,1-4H3. The van der Waals surface area contributed by atoms with Crippen LogP contribution in [0.25, 0.3) is 6.08 Å². The van der Waals surface area contributed by atoms with E-state index in [0.29, 0.717) is 27.1 Å². The molecule has 1 atom stereocenters. The molecule has 2 rings (SSSR count). The molecule has 0 bridgehead atoms. The summed E-state index contributed by atoms with van der Waals surface area (Å²) in [5, 5.41) is 0.817. The fourth-order valence-corrected chi connectivity index (χ4v) is 2.52. The SMILES string of the molecule is COc1cc(C)c(C=C2C(Cl)=C(Cl)C=NC2OC)cc1OC. The summed E-state index contributed by atoms with van der Waals surface area (Å²) < 4.78 is 16.0. The van der Waals surface area contributed by atoms with Crippen molar-refractivity contribution in [2.24, 2.45) is 4.99 Å². The lowest BCUT2D eigenvalue weighted by molar-refractivity contribution is 0.142. The second-order valence-electron chi connectivity index (χ2n) is 4.69. The molecule has 0 radical (unpaired) electrons. The lowest BCUT2D eigenvalue weighted by Crippen LogP contribution is -2.16. The predicted octanol–water partition coefficient (Wildman–Crippen LogP) is 4.14. The van der Waals surface area contributed by atoms with E-state index >= 15 is 0 Å². The molecule has 1 aromatic carbocycles. The average Bonchev–Trinajstić information content (AvgIpc) is 2.53. The van der Waals surface area contributed by atoms with Crippen LogP contribution in [0.2, 0.25) is 0 Å². The lowest BCUT2D eigenvalue weighted by atomic mass is 10.0. The van der Waals surface area contributed by atoms with Crippen LogP contribution in [0.4, 0.5) is 0 Å². The Labute approximate surface area is 140 Å². The van der Waals surface area contributed by atoms with E-state index in [-0.39, 0.29) is 0 Å². The average molecular weight is 342 g/mol. The zero-order valence-electron chi connectivity index (χ0n) is 12.8. The predicted molar refractivity (Wildman–Crippen MR) is 90.3 cm³/mol. The zero-order valence-corrected chi connectivity index (χ0v) is 14.3. The van der Waals surface area contributed by atoms with E-state index in [0.717, 1.165) is 11.1 Å². The maximum absolute atomic E-state index is 6.29. The van der Waals surface area contributed by atoms with Gasteiger partial charge in [-0.3, -0.25) is 4.99 Å². The summed E-state index contributed by atoms with van der Waals surface area (Å²) in [6.45, 7) is 1.97. The first kappa shape index (κ1) is 16.9. The third-order valence-electron chi connectivity index (χ3n) is 3.36. The summed E-state index contributed by atoms with van der Waals surface area (Å²) in [7, 11) is 4.77. The molecule has 1 heterocycles. The van der Waals surface area contributed by atoms with Crippen LogP contribution in [0.15, 0.2) is 32.8 Å². The second-order valence-corrected chi connectivity index (χ2v) is 5.48. The number of allylic oxidation sites excluding steroid dienone is 1.